The minimum atomic E-state index is -0.363. The SMILES string of the molecule is [2H]c1c([2H])c([2H])c(-c2nn[nH]n2)c(-c2ccc(Cn3c(CCCC)nc(Cl)c3CO)cc2)c1[2H]. The first-order valence-electron chi connectivity index (χ1n) is 11.6. The number of aromatic amines is 1. The van der Waals surface area contributed by atoms with Gasteiger partial charge >= 0.3 is 0 Å². The molecule has 0 saturated carbocycles. The molecule has 0 aliphatic heterocycles. The lowest BCUT2D eigenvalue weighted by atomic mass is 9.98. The molecule has 7 nitrogen and oxygen atoms in total. The fourth-order valence-electron chi connectivity index (χ4n) is 3.29. The highest BCUT2D eigenvalue weighted by molar-refractivity contribution is 6.30. The number of aliphatic hydroxyl groups is 1. The van der Waals surface area contributed by atoms with Gasteiger partial charge in [-0.1, -0.05) is 73.4 Å². The first-order chi connectivity index (χ1) is 16.4. The molecule has 4 aromatic rings. The second kappa shape index (κ2) is 9.19. The molecule has 2 aromatic heterocycles. The van der Waals surface area contributed by atoms with E-state index in [0.717, 1.165) is 30.7 Å². The number of nitrogens with zero attached hydrogens (tertiary/aromatic N) is 5. The summed E-state index contributed by atoms with van der Waals surface area (Å²) in [4.78, 5) is 4.42. The lowest BCUT2D eigenvalue weighted by molar-refractivity contribution is 0.271. The highest BCUT2D eigenvalue weighted by atomic mass is 35.5. The molecule has 0 spiro atoms. The number of aliphatic hydroxyl groups excluding tert-OH is 1. The number of benzene rings is 2. The lowest BCUT2D eigenvalue weighted by Crippen LogP contribution is -2.09. The quantitative estimate of drug-likeness (QED) is 0.439. The van der Waals surface area contributed by atoms with Crippen molar-refractivity contribution in [3.8, 4) is 22.5 Å². The average Bonchev–Trinajstić information content (AvgIpc) is 3.47. The predicted molar refractivity (Wildman–Crippen MR) is 116 cm³/mol. The summed E-state index contributed by atoms with van der Waals surface area (Å²) in [5.74, 6) is 0.906. The molecule has 4 rings (SSSR count). The van der Waals surface area contributed by atoms with Crippen LogP contribution in [-0.2, 0) is 19.6 Å². The second-order valence-electron chi connectivity index (χ2n) is 6.80. The molecule has 0 aliphatic rings. The summed E-state index contributed by atoms with van der Waals surface area (Å²) in [7, 11) is 0. The van der Waals surface area contributed by atoms with Crippen molar-refractivity contribution < 1.29 is 10.6 Å². The Hall–Kier alpha value is -3.03. The zero-order valence-corrected chi connectivity index (χ0v) is 17.2. The van der Waals surface area contributed by atoms with E-state index in [2.05, 4.69) is 32.5 Å². The lowest BCUT2D eigenvalue weighted by Gasteiger charge is -2.12. The largest absolute Gasteiger partial charge is 0.390 e. The number of halogens is 1. The van der Waals surface area contributed by atoms with Gasteiger partial charge in [-0.3, -0.25) is 0 Å². The van der Waals surface area contributed by atoms with E-state index in [-0.39, 0.29) is 42.2 Å². The zero-order valence-electron chi connectivity index (χ0n) is 20.4. The minimum Gasteiger partial charge on any atom is -0.390 e. The Labute approximate surface area is 185 Å². The number of hydrogen-bond donors (Lipinski definition) is 2. The topological polar surface area (TPSA) is 92.5 Å². The molecule has 0 unspecified atom stereocenters. The maximum atomic E-state index is 9.80. The van der Waals surface area contributed by atoms with Gasteiger partial charge in [-0.05, 0) is 28.3 Å². The Morgan fingerprint density at radius 1 is 1.17 bits per heavy atom. The predicted octanol–water partition coefficient (Wildman–Crippen LogP) is 4.27. The minimum absolute atomic E-state index is 0.0901. The van der Waals surface area contributed by atoms with Gasteiger partial charge in [0.1, 0.15) is 5.82 Å². The molecule has 2 aromatic carbocycles. The molecule has 0 bridgehead atoms. The van der Waals surface area contributed by atoms with Crippen molar-refractivity contribution in [1.82, 2.24) is 30.2 Å². The molecule has 2 heterocycles. The molecule has 30 heavy (non-hydrogen) atoms. The van der Waals surface area contributed by atoms with Gasteiger partial charge in [0.2, 0.25) is 5.82 Å². The number of hydrogen-bond acceptors (Lipinski definition) is 5. The van der Waals surface area contributed by atoms with Crippen LogP contribution >= 0.6 is 11.6 Å². The fraction of sp³-hybridized carbons (Fsp3) is 0.273. The van der Waals surface area contributed by atoms with Gasteiger partial charge in [-0.2, -0.15) is 5.21 Å². The summed E-state index contributed by atoms with van der Waals surface area (Å²) in [6.07, 6.45) is 2.72. The first-order valence-corrected chi connectivity index (χ1v) is 10.0. The molecule has 2 N–H and O–H groups in total. The maximum Gasteiger partial charge on any atom is 0.205 e. The molecule has 0 aliphatic carbocycles. The van der Waals surface area contributed by atoms with Gasteiger partial charge in [-0.25, -0.2) is 4.98 Å². The van der Waals surface area contributed by atoms with Crippen LogP contribution in [0, 0.1) is 0 Å². The number of H-pyrrole nitrogens is 1. The highest BCUT2D eigenvalue weighted by Crippen LogP contribution is 2.30. The van der Waals surface area contributed by atoms with Crippen molar-refractivity contribution in [2.24, 2.45) is 0 Å². The summed E-state index contributed by atoms with van der Waals surface area (Å²) in [5, 5.41) is 23.8. The molecular formula is C22H23ClN6O. The number of aromatic nitrogens is 6. The van der Waals surface area contributed by atoms with Crippen molar-refractivity contribution in [2.45, 2.75) is 39.3 Å². The van der Waals surface area contributed by atoms with E-state index in [1.807, 2.05) is 16.7 Å². The van der Waals surface area contributed by atoms with Crippen molar-refractivity contribution in [1.29, 1.82) is 0 Å². The van der Waals surface area contributed by atoms with Crippen LogP contribution < -0.4 is 0 Å². The Bertz CT molecular complexity index is 1310. The second-order valence-corrected chi connectivity index (χ2v) is 7.15. The van der Waals surface area contributed by atoms with Crippen LogP contribution in [0.25, 0.3) is 22.5 Å². The van der Waals surface area contributed by atoms with Crippen LogP contribution in [0.3, 0.4) is 0 Å². The molecule has 0 atom stereocenters. The molecule has 0 radical (unpaired) electrons. The summed E-state index contributed by atoms with van der Waals surface area (Å²) in [6.45, 7) is 2.34. The maximum absolute atomic E-state index is 9.80. The van der Waals surface area contributed by atoms with E-state index in [9.17, 15) is 5.11 Å². The smallest absolute Gasteiger partial charge is 0.205 e. The first kappa shape index (κ1) is 15.8. The molecule has 0 saturated heterocycles. The van der Waals surface area contributed by atoms with E-state index in [0.29, 0.717) is 28.5 Å². The Morgan fingerprint density at radius 2 is 1.93 bits per heavy atom. The average molecular weight is 427 g/mol. The Morgan fingerprint density at radius 3 is 2.60 bits per heavy atom. The molecule has 8 heteroatoms. The Balaban J connectivity index is 1.74. The summed E-state index contributed by atoms with van der Waals surface area (Å²) in [5.41, 5.74) is 2.55. The van der Waals surface area contributed by atoms with Gasteiger partial charge < -0.3 is 9.67 Å². The standard InChI is InChI=1S/C22H23ClN6O/c1-2-3-8-20-24-21(23)19(14-30)29(20)13-15-9-11-16(12-10-15)17-6-4-5-7-18(17)22-25-27-28-26-22/h4-7,9-12,30H,2-3,8,13-14H2,1H3,(H,25,26,27,28)/i4D,5D,6D,7D. The van der Waals surface area contributed by atoms with Crippen LogP contribution in [0.1, 0.15) is 42.3 Å². The van der Waals surface area contributed by atoms with Gasteiger partial charge in [0.15, 0.2) is 5.15 Å². The van der Waals surface area contributed by atoms with Crippen LogP contribution in [0.5, 0.6) is 0 Å². The number of unbranched alkanes of at least 4 members (excludes halogenated alkanes) is 1. The van der Waals surface area contributed by atoms with E-state index in [1.165, 1.54) is 0 Å². The van der Waals surface area contributed by atoms with Crippen LogP contribution in [0.4, 0.5) is 0 Å². The summed E-state index contributed by atoms with van der Waals surface area (Å²) < 4.78 is 34.9. The van der Waals surface area contributed by atoms with Gasteiger partial charge in [0.05, 0.1) is 17.8 Å². The number of nitrogens with one attached hydrogen (secondary N) is 1. The van der Waals surface area contributed by atoms with E-state index in [1.54, 1.807) is 12.1 Å². The van der Waals surface area contributed by atoms with Gasteiger partial charge in [-0.15, -0.1) is 10.2 Å². The van der Waals surface area contributed by atoms with Crippen molar-refractivity contribution >= 4 is 11.6 Å². The molecule has 154 valence electrons. The van der Waals surface area contributed by atoms with Crippen molar-refractivity contribution in [3.05, 3.63) is 70.7 Å². The monoisotopic (exact) mass is 426 g/mol. The third-order valence-corrected chi connectivity index (χ3v) is 5.15. The highest BCUT2D eigenvalue weighted by Gasteiger charge is 2.16. The normalized spacial score (nSPS) is 13.0. The summed E-state index contributed by atoms with van der Waals surface area (Å²) >= 11 is 6.24. The number of aryl methyl sites for hydroxylation is 1. The third kappa shape index (κ3) is 4.13. The van der Waals surface area contributed by atoms with Crippen LogP contribution in [0.15, 0.2) is 48.4 Å². The molecule has 0 fully saturated rings. The van der Waals surface area contributed by atoms with E-state index >= 15 is 0 Å². The fourth-order valence-corrected chi connectivity index (χ4v) is 3.55. The number of rotatable bonds is 8. The molecule has 0 amide bonds. The van der Waals surface area contributed by atoms with Crippen LogP contribution in [-0.4, -0.2) is 35.3 Å². The van der Waals surface area contributed by atoms with E-state index < -0.39 is 0 Å². The molecular weight excluding hydrogens is 400 g/mol. The third-order valence-electron chi connectivity index (χ3n) is 4.85. The van der Waals surface area contributed by atoms with E-state index in [4.69, 9.17) is 17.1 Å². The van der Waals surface area contributed by atoms with Crippen molar-refractivity contribution in [3.63, 3.8) is 0 Å². The van der Waals surface area contributed by atoms with Crippen LogP contribution in [0.2, 0.25) is 5.15 Å². The van der Waals surface area contributed by atoms with Gasteiger partial charge in [0.25, 0.3) is 0 Å². The van der Waals surface area contributed by atoms with Gasteiger partial charge in [0, 0.05) is 18.5 Å². The number of tetrazole rings is 1. The Kier molecular flexibility index (Phi) is 4.83. The zero-order chi connectivity index (χ0) is 24.4. The van der Waals surface area contributed by atoms with Crippen molar-refractivity contribution in [2.75, 3.05) is 0 Å². The number of imidazole rings is 1. The summed E-state index contributed by atoms with van der Waals surface area (Å²) in [6, 6.07) is 6.21.